The number of hydrogen-bond acceptors (Lipinski definition) is 3. The summed E-state index contributed by atoms with van der Waals surface area (Å²) in [7, 11) is 0. The minimum absolute atomic E-state index is 0.209. The quantitative estimate of drug-likeness (QED) is 0.685. The molecule has 3 heteroatoms. The summed E-state index contributed by atoms with van der Waals surface area (Å²) in [5, 5.41) is 8.35. The first-order chi connectivity index (χ1) is 5.88. The highest BCUT2D eigenvalue weighted by atomic mass is 16.5. The Morgan fingerprint density at radius 1 is 1.42 bits per heavy atom. The standard InChI is InChI=1S/C9H16N2O/c10-5-6-12-9-4-2-1-3-8(9)7-11/h8-9H,1-4,6-7,11H2. The summed E-state index contributed by atoms with van der Waals surface area (Å²) in [5.74, 6) is 0.479. The van der Waals surface area contributed by atoms with Crippen molar-refractivity contribution in [2.75, 3.05) is 13.2 Å². The summed E-state index contributed by atoms with van der Waals surface area (Å²) in [6.45, 7) is 0.900. The van der Waals surface area contributed by atoms with E-state index in [1.807, 2.05) is 6.07 Å². The Balaban J connectivity index is 2.32. The summed E-state index contributed by atoms with van der Waals surface area (Å²) in [6.07, 6.45) is 4.94. The average Bonchev–Trinajstić information content (AvgIpc) is 2.15. The van der Waals surface area contributed by atoms with Crippen LogP contribution in [0.25, 0.3) is 0 Å². The second-order valence-electron chi connectivity index (χ2n) is 3.29. The first kappa shape index (κ1) is 9.50. The predicted molar refractivity (Wildman–Crippen MR) is 46.4 cm³/mol. The Hall–Kier alpha value is -0.590. The van der Waals surface area contributed by atoms with Gasteiger partial charge in [-0.2, -0.15) is 5.26 Å². The molecule has 12 heavy (non-hydrogen) atoms. The molecule has 0 aliphatic heterocycles. The molecule has 3 nitrogen and oxygen atoms in total. The van der Waals surface area contributed by atoms with Gasteiger partial charge < -0.3 is 10.5 Å². The molecule has 1 saturated carbocycles. The molecule has 1 aliphatic rings. The molecule has 0 heterocycles. The highest BCUT2D eigenvalue weighted by Gasteiger charge is 2.24. The van der Waals surface area contributed by atoms with Crippen LogP contribution in [0.2, 0.25) is 0 Å². The van der Waals surface area contributed by atoms with Gasteiger partial charge in [-0.05, 0) is 25.3 Å². The van der Waals surface area contributed by atoms with Crippen molar-refractivity contribution in [3.63, 3.8) is 0 Å². The maximum Gasteiger partial charge on any atom is 0.134 e. The second-order valence-corrected chi connectivity index (χ2v) is 3.29. The number of hydrogen-bond donors (Lipinski definition) is 1. The zero-order chi connectivity index (χ0) is 8.81. The van der Waals surface area contributed by atoms with Crippen molar-refractivity contribution >= 4 is 0 Å². The van der Waals surface area contributed by atoms with Crippen molar-refractivity contribution in [3.05, 3.63) is 0 Å². The lowest BCUT2D eigenvalue weighted by Crippen LogP contribution is -2.33. The predicted octanol–water partition coefficient (Wildman–Crippen LogP) is 1.04. The highest BCUT2D eigenvalue weighted by Crippen LogP contribution is 2.25. The van der Waals surface area contributed by atoms with Crippen LogP contribution in [0.5, 0.6) is 0 Å². The minimum atomic E-state index is 0.209. The molecule has 2 unspecified atom stereocenters. The van der Waals surface area contributed by atoms with Crippen LogP contribution in [-0.4, -0.2) is 19.3 Å². The van der Waals surface area contributed by atoms with Gasteiger partial charge in [0.1, 0.15) is 6.61 Å². The second kappa shape index (κ2) is 5.13. The molecular weight excluding hydrogens is 152 g/mol. The summed E-state index contributed by atoms with van der Waals surface area (Å²) >= 11 is 0. The molecule has 1 aliphatic carbocycles. The smallest absolute Gasteiger partial charge is 0.134 e. The van der Waals surface area contributed by atoms with E-state index in [1.165, 1.54) is 12.8 Å². The fourth-order valence-electron chi connectivity index (χ4n) is 1.81. The molecule has 0 aromatic heterocycles. The molecule has 68 valence electrons. The van der Waals surface area contributed by atoms with E-state index >= 15 is 0 Å². The summed E-state index contributed by atoms with van der Waals surface area (Å²) in [4.78, 5) is 0. The van der Waals surface area contributed by atoms with E-state index in [-0.39, 0.29) is 12.7 Å². The molecule has 0 radical (unpaired) electrons. The van der Waals surface area contributed by atoms with Crippen LogP contribution in [0.4, 0.5) is 0 Å². The van der Waals surface area contributed by atoms with Crippen molar-refractivity contribution in [2.24, 2.45) is 11.7 Å². The molecule has 0 saturated heterocycles. The molecule has 0 amide bonds. The summed E-state index contributed by atoms with van der Waals surface area (Å²) in [5.41, 5.74) is 5.60. The normalized spacial score (nSPS) is 29.7. The molecule has 1 rings (SSSR count). The van der Waals surface area contributed by atoms with E-state index in [0.29, 0.717) is 12.5 Å². The fourth-order valence-corrected chi connectivity index (χ4v) is 1.81. The van der Waals surface area contributed by atoms with Crippen LogP contribution < -0.4 is 5.73 Å². The van der Waals surface area contributed by atoms with E-state index < -0.39 is 0 Å². The van der Waals surface area contributed by atoms with Gasteiger partial charge in [0.15, 0.2) is 0 Å². The van der Waals surface area contributed by atoms with Gasteiger partial charge in [-0.1, -0.05) is 12.8 Å². The SMILES string of the molecule is N#CCOC1CCCCC1CN. The lowest BCUT2D eigenvalue weighted by Gasteiger charge is -2.29. The number of nitriles is 1. The van der Waals surface area contributed by atoms with E-state index in [1.54, 1.807) is 0 Å². The van der Waals surface area contributed by atoms with Crippen molar-refractivity contribution in [1.29, 1.82) is 5.26 Å². The van der Waals surface area contributed by atoms with E-state index in [2.05, 4.69) is 0 Å². The van der Waals surface area contributed by atoms with Gasteiger partial charge in [-0.3, -0.25) is 0 Å². The van der Waals surface area contributed by atoms with Crippen molar-refractivity contribution in [2.45, 2.75) is 31.8 Å². The van der Waals surface area contributed by atoms with E-state index in [0.717, 1.165) is 12.8 Å². The van der Waals surface area contributed by atoms with Crippen LogP contribution in [0.1, 0.15) is 25.7 Å². The van der Waals surface area contributed by atoms with E-state index in [4.69, 9.17) is 15.7 Å². The number of nitrogens with two attached hydrogens (primary N) is 1. The van der Waals surface area contributed by atoms with Crippen molar-refractivity contribution < 1.29 is 4.74 Å². The van der Waals surface area contributed by atoms with Crippen molar-refractivity contribution in [1.82, 2.24) is 0 Å². The first-order valence-corrected chi connectivity index (χ1v) is 4.57. The van der Waals surface area contributed by atoms with Crippen molar-refractivity contribution in [3.8, 4) is 6.07 Å². The third-order valence-corrected chi connectivity index (χ3v) is 2.50. The van der Waals surface area contributed by atoms with Gasteiger partial charge in [-0.15, -0.1) is 0 Å². The van der Waals surface area contributed by atoms with Gasteiger partial charge in [0, 0.05) is 0 Å². The molecule has 2 N–H and O–H groups in total. The fraction of sp³-hybridized carbons (Fsp3) is 0.889. The van der Waals surface area contributed by atoms with Gasteiger partial charge in [0.25, 0.3) is 0 Å². The number of ether oxygens (including phenoxy) is 1. The van der Waals surface area contributed by atoms with Gasteiger partial charge in [-0.25, -0.2) is 0 Å². The summed E-state index contributed by atoms with van der Waals surface area (Å²) in [6, 6.07) is 2.00. The minimum Gasteiger partial charge on any atom is -0.363 e. The van der Waals surface area contributed by atoms with Gasteiger partial charge in [0.05, 0.1) is 12.2 Å². The summed E-state index contributed by atoms with van der Waals surface area (Å²) < 4.78 is 5.39. The van der Waals surface area contributed by atoms with Gasteiger partial charge >= 0.3 is 0 Å². The largest absolute Gasteiger partial charge is 0.363 e. The zero-order valence-corrected chi connectivity index (χ0v) is 7.33. The van der Waals surface area contributed by atoms with Crippen LogP contribution in [0.3, 0.4) is 0 Å². The third kappa shape index (κ3) is 2.47. The Bertz CT molecular complexity index is 164. The lowest BCUT2D eigenvalue weighted by atomic mass is 9.86. The Morgan fingerprint density at radius 3 is 2.83 bits per heavy atom. The molecule has 0 aromatic carbocycles. The molecule has 0 spiro atoms. The van der Waals surface area contributed by atoms with Gasteiger partial charge in [0.2, 0.25) is 0 Å². The van der Waals surface area contributed by atoms with Crippen LogP contribution in [-0.2, 0) is 4.74 Å². The third-order valence-electron chi connectivity index (χ3n) is 2.50. The maximum absolute atomic E-state index is 8.35. The molecule has 1 fully saturated rings. The number of rotatable bonds is 3. The Morgan fingerprint density at radius 2 is 2.17 bits per heavy atom. The highest BCUT2D eigenvalue weighted by molar-refractivity contribution is 4.78. The lowest BCUT2D eigenvalue weighted by molar-refractivity contribution is 0.00904. The monoisotopic (exact) mass is 168 g/mol. The zero-order valence-electron chi connectivity index (χ0n) is 7.33. The van der Waals surface area contributed by atoms with Crippen LogP contribution in [0.15, 0.2) is 0 Å². The molecule has 0 aromatic rings. The first-order valence-electron chi connectivity index (χ1n) is 4.57. The van der Waals surface area contributed by atoms with E-state index in [9.17, 15) is 0 Å². The molecule has 2 atom stereocenters. The average molecular weight is 168 g/mol. The molecular formula is C9H16N2O. The maximum atomic E-state index is 8.35. The Labute approximate surface area is 73.5 Å². The Kier molecular flexibility index (Phi) is 4.06. The number of nitrogens with zero attached hydrogens (tertiary/aromatic N) is 1. The van der Waals surface area contributed by atoms with Crippen LogP contribution >= 0.6 is 0 Å². The molecule has 0 bridgehead atoms. The topological polar surface area (TPSA) is 59.0 Å². The van der Waals surface area contributed by atoms with Crippen LogP contribution in [0, 0.1) is 17.2 Å².